The summed E-state index contributed by atoms with van der Waals surface area (Å²) < 4.78 is 136. The van der Waals surface area contributed by atoms with Crippen LogP contribution < -0.4 is 0 Å². The third-order valence-electron chi connectivity index (χ3n) is 1.68. The first kappa shape index (κ1) is 29.8. The molecule has 0 aromatic heterocycles. The third-order valence-corrected chi connectivity index (χ3v) is 1.68. The molecule has 0 atom stereocenters. The van der Waals surface area contributed by atoms with Crippen molar-refractivity contribution in [2.24, 2.45) is 0 Å². The van der Waals surface area contributed by atoms with Gasteiger partial charge in [0.1, 0.15) is 0 Å². The van der Waals surface area contributed by atoms with E-state index in [2.05, 4.69) is 0 Å². The van der Waals surface area contributed by atoms with E-state index in [-0.39, 0.29) is 16.5 Å². The van der Waals surface area contributed by atoms with Crippen LogP contribution >= 0.6 is 0 Å². The Bertz CT molecular complexity index is 527. The van der Waals surface area contributed by atoms with Crippen LogP contribution in [-0.2, 0) is 26.1 Å². The summed E-state index contributed by atoms with van der Waals surface area (Å²) in [6, 6.07) is 0. The minimum Gasteiger partial charge on any atom is -0.504 e. The molecule has 0 aliphatic heterocycles. The van der Waals surface area contributed by atoms with Gasteiger partial charge in [-0.1, -0.05) is 0 Å². The average molecular weight is 475 g/mol. The monoisotopic (exact) mass is 474 g/mol. The van der Waals surface area contributed by atoms with E-state index in [0.29, 0.717) is 0 Å². The van der Waals surface area contributed by atoms with Crippen molar-refractivity contribution in [3.05, 3.63) is 23.7 Å². The molecular formula is C10H4F12NiO4. The SMILES string of the molecule is O=C(/C=C(\O)C(F)(F)F)C(F)(F)F.O=C(/C=C(\O)C(F)(F)F)C(F)(F)F.[Ni]. The van der Waals surface area contributed by atoms with E-state index in [1.165, 1.54) is 0 Å². The standard InChI is InChI=1S/2C5H2F6O2.Ni/c2*6-4(7,8)2(12)1-3(13)5(9,10)11;/h2*1,12H;/b2*2-1-;. The fourth-order valence-corrected chi connectivity index (χ4v) is 0.576. The largest absolute Gasteiger partial charge is 0.504 e. The Kier molecular flexibility index (Phi) is 10.9. The number of rotatable bonds is 2. The van der Waals surface area contributed by atoms with E-state index in [4.69, 9.17) is 10.2 Å². The maximum absolute atomic E-state index is 11.4. The summed E-state index contributed by atoms with van der Waals surface area (Å²) in [4.78, 5) is 19.7. The van der Waals surface area contributed by atoms with E-state index < -0.39 is 59.9 Å². The molecule has 162 valence electrons. The summed E-state index contributed by atoms with van der Waals surface area (Å²) in [5.74, 6) is -10.7. The summed E-state index contributed by atoms with van der Waals surface area (Å²) in [5, 5.41) is 15.9. The maximum Gasteiger partial charge on any atom is 0.454 e. The van der Waals surface area contributed by atoms with Gasteiger partial charge in [0.2, 0.25) is 11.5 Å². The Hall–Kier alpha value is -1.93. The summed E-state index contributed by atoms with van der Waals surface area (Å²) >= 11 is 0. The molecule has 27 heavy (non-hydrogen) atoms. The number of carbonyl (C=O) groups is 2. The van der Waals surface area contributed by atoms with Gasteiger partial charge in [0.25, 0.3) is 11.6 Å². The van der Waals surface area contributed by atoms with Crippen LogP contribution in [0.1, 0.15) is 0 Å². The molecule has 0 unspecified atom stereocenters. The van der Waals surface area contributed by atoms with E-state index in [1.54, 1.807) is 0 Å². The summed E-state index contributed by atoms with van der Waals surface area (Å²) in [6.45, 7) is 0. The molecule has 0 fully saturated rings. The third kappa shape index (κ3) is 13.0. The second-order valence-electron chi connectivity index (χ2n) is 3.78. The molecule has 0 amide bonds. The number of carbonyl (C=O) groups excluding carboxylic acids is 2. The molecule has 0 saturated heterocycles. The minimum absolute atomic E-state index is 0. The Morgan fingerprint density at radius 2 is 0.704 bits per heavy atom. The van der Waals surface area contributed by atoms with E-state index in [1.807, 2.05) is 0 Å². The second kappa shape index (κ2) is 9.85. The van der Waals surface area contributed by atoms with Crippen LogP contribution in [0.3, 0.4) is 0 Å². The first-order valence-corrected chi connectivity index (χ1v) is 5.28. The van der Waals surface area contributed by atoms with Gasteiger partial charge >= 0.3 is 24.7 Å². The predicted octanol–water partition coefficient (Wildman–Crippen LogP) is 4.24. The first-order chi connectivity index (χ1) is 11.1. The molecule has 2 N–H and O–H groups in total. The molecule has 0 heterocycles. The van der Waals surface area contributed by atoms with Crippen LogP contribution in [0.2, 0.25) is 0 Å². The molecule has 0 saturated carbocycles. The number of hydrogen-bond acceptors (Lipinski definition) is 4. The van der Waals surface area contributed by atoms with Crippen molar-refractivity contribution in [3.8, 4) is 0 Å². The van der Waals surface area contributed by atoms with Crippen LogP contribution in [0.4, 0.5) is 52.7 Å². The summed E-state index contributed by atoms with van der Waals surface area (Å²) in [5.41, 5.74) is 0. The van der Waals surface area contributed by atoms with E-state index >= 15 is 0 Å². The van der Waals surface area contributed by atoms with Crippen molar-refractivity contribution in [2.75, 3.05) is 0 Å². The zero-order valence-electron chi connectivity index (χ0n) is 11.7. The van der Waals surface area contributed by atoms with Gasteiger partial charge in [0, 0.05) is 28.6 Å². The summed E-state index contributed by atoms with van der Waals surface area (Å²) in [7, 11) is 0. The normalized spacial score (nSPS) is 13.9. The molecule has 0 aromatic carbocycles. The number of allylic oxidation sites excluding steroid dienone is 4. The molecular weight excluding hydrogens is 471 g/mol. The van der Waals surface area contributed by atoms with Gasteiger partial charge in [-0.15, -0.1) is 0 Å². The van der Waals surface area contributed by atoms with Crippen LogP contribution in [0.15, 0.2) is 23.7 Å². The smallest absolute Gasteiger partial charge is 0.454 e. The van der Waals surface area contributed by atoms with Gasteiger partial charge in [-0.05, 0) is 0 Å². The maximum atomic E-state index is 11.4. The molecule has 4 nitrogen and oxygen atoms in total. The Morgan fingerprint density at radius 1 is 0.519 bits per heavy atom. The molecule has 17 heteroatoms. The molecule has 0 rings (SSSR count). The van der Waals surface area contributed by atoms with Gasteiger partial charge in [0.15, 0.2) is 0 Å². The predicted molar refractivity (Wildman–Crippen MR) is 55.7 cm³/mol. The van der Waals surface area contributed by atoms with Crippen molar-refractivity contribution in [2.45, 2.75) is 24.7 Å². The molecule has 0 aliphatic carbocycles. The number of halogens is 12. The number of aliphatic hydroxyl groups excluding tert-OH is 2. The number of alkyl halides is 12. The van der Waals surface area contributed by atoms with Crippen molar-refractivity contribution in [1.82, 2.24) is 0 Å². The Balaban J connectivity index is -0.000000411. The quantitative estimate of drug-likeness (QED) is 0.272. The Morgan fingerprint density at radius 3 is 0.815 bits per heavy atom. The van der Waals surface area contributed by atoms with Gasteiger partial charge in [-0.25, -0.2) is 0 Å². The molecule has 0 aromatic rings. The average Bonchev–Trinajstić information content (AvgIpc) is 2.34. The van der Waals surface area contributed by atoms with Gasteiger partial charge < -0.3 is 10.2 Å². The van der Waals surface area contributed by atoms with Crippen LogP contribution in [0.5, 0.6) is 0 Å². The number of hydrogen-bond donors (Lipinski definition) is 2. The fraction of sp³-hybridized carbons (Fsp3) is 0.400. The van der Waals surface area contributed by atoms with Gasteiger partial charge in [-0.3, -0.25) is 9.59 Å². The molecule has 0 aliphatic rings. The Labute approximate surface area is 150 Å². The first-order valence-electron chi connectivity index (χ1n) is 5.28. The zero-order valence-corrected chi connectivity index (χ0v) is 12.7. The number of ketones is 2. The molecule has 0 radical (unpaired) electrons. The van der Waals surface area contributed by atoms with Crippen molar-refractivity contribution < 1.29 is 89.0 Å². The fourth-order valence-electron chi connectivity index (χ4n) is 0.576. The van der Waals surface area contributed by atoms with Crippen LogP contribution in [0.25, 0.3) is 0 Å². The minimum atomic E-state index is -5.42. The van der Waals surface area contributed by atoms with Gasteiger partial charge in [0.05, 0.1) is 0 Å². The van der Waals surface area contributed by atoms with Crippen molar-refractivity contribution >= 4 is 11.6 Å². The zero-order chi connectivity index (χ0) is 21.7. The van der Waals surface area contributed by atoms with Crippen molar-refractivity contribution in [1.29, 1.82) is 0 Å². The van der Waals surface area contributed by atoms with E-state index in [9.17, 15) is 62.3 Å². The number of aliphatic hydroxyl groups is 2. The molecule has 0 bridgehead atoms. The molecule has 0 spiro atoms. The van der Waals surface area contributed by atoms with Gasteiger partial charge in [-0.2, -0.15) is 52.7 Å². The van der Waals surface area contributed by atoms with Crippen LogP contribution in [-0.4, -0.2) is 46.5 Å². The topological polar surface area (TPSA) is 74.6 Å². The second-order valence-corrected chi connectivity index (χ2v) is 3.78. The summed E-state index contributed by atoms with van der Waals surface area (Å²) in [6.07, 6.45) is -23.4. The van der Waals surface area contributed by atoms with Crippen molar-refractivity contribution in [3.63, 3.8) is 0 Å². The van der Waals surface area contributed by atoms with E-state index in [0.717, 1.165) is 0 Å². The van der Waals surface area contributed by atoms with Crippen LogP contribution in [0, 0.1) is 0 Å².